The van der Waals surface area contributed by atoms with Gasteiger partial charge in [0, 0.05) is 12.5 Å². The molecule has 94 valence electrons. The molecule has 1 aromatic heterocycles. The van der Waals surface area contributed by atoms with Crippen LogP contribution in [0.1, 0.15) is 37.6 Å². The largest absolute Gasteiger partial charge is 0.429 e. The van der Waals surface area contributed by atoms with Crippen molar-refractivity contribution in [3.05, 3.63) is 11.5 Å². The zero-order valence-corrected chi connectivity index (χ0v) is 10.5. The van der Waals surface area contributed by atoms with Gasteiger partial charge < -0.3 is 10.2 Å². The number of aromatic nitrogens is 1. The minimum Gasteiger partial charge on any atom is -0.429 e. The summed E-state index contributed by atoms with van der Waals surface area (Å²) in [4.78, 5) is 6.94. The van der Waals surface area contributed by atoms with Gasteiger partial charge in [0.25, 0.3) is 6.01 Å². The summed E-state index contributed by atoms with van der Waals surface area (Å²) in [7, 11) is 0. The number of oxazole rings is 1. The number of nitrogen functional groups attached to an aromatic ring is 1. The van der Waals surface area contributed by atoms with Gasteiger partial charge in [-0.25, -0.2) is 0 Å². The van der Waals surface area contributed by atoms with Crippen molar-refractivity contribution in [3.63, 3.8) is 0 Å². The van der Waals surface area contributed by atoms with Crippen LogP contribution in [-0.4, -0.2) is 29.0 Å². The van der Waals surface area contributed by atoms with Crippen LogP contribution in [0, 0.1) is 5.92 Å². The maximum Gasteiger partial charge on any atom is 0.292 e. The van der Waals surface area contributed by atoms with Crippen molar-refractivity contribution in [2.75, 3.05) is 18.8 Å². The first-order valence-electron chi connectivity index (χ1n) is 6.76. The number of anilines is 1. The predicted octanol–water partition coefficient (Wildman–Crippen LogP) is 1.85. The molecule has 3 rings (SSSR count). The molecule has 1 aliphatic carbocycles. The van der Waals surface area contributed by atoms with Crippen molar-refractivity contribution in [2.24, 2.45) is 5.92 Å². The van der Waals surface area contributed by atoms with Gasteiger partial charge >= 0.3 is 0 Å². The van der Waals surface area contributed by atoms with Gasteiger partial charge in [-0.15, -0.1) is 0 Å². The summed E-state index contributed by atoms with van der Waals surface area (Å²) in [5, 5.41) is 0. The van der Waals surface area contributed by atoms with Gasteiger partial charge in [-0.3, -0.25) is 4.90 Å². The molecule has 1 saturated heterocycles. The molecule has 0 aromatic carbocycles. The summed E-state index contributed by atoms with van der Waals surface area (Å²) >= 11 is 0. The lowest BCUT2D eigenvalue weighted by molar-refractivity contribution is 0.0800. The van der Waals surface area contributed by atoms with Gasteiger partial charge in [0.05, 0.1) is 5.69 Å². The van der Waals surface area contributed by atoms with Crippen molar-refractivity contribution in [3.8, 4) is 0 Å². The average molecular weight is 235 g/mol. The second-order valence-electron chi connectivity index (χ2n) is 5.34. The van der Waals surface area contributed by atoms with Crippen molar-refractivity contribution < 1.29 is 4.42 Å². The number of hydrogen-bond acceptors (Lipinski definition) is 4. The maximum absolute atomic E-state index is 5.65. The van der Waals surface area contributed by atoms with Crippen LogP contribution in [0.3, 0.4) is 0 Å². The first-order chi connectivity index (χ1) is 8.28. The normalized spacial score (nSPS) is 28.8. The second-order valence-corrected chi connectivity index (χ2v) is 5.34. The molecule has 2 N–H and O–H groups in total. The van der Waals surface area contributed by atoms with Crippen molar-refractivity contribution in [1.82, 2.24) is 9.88 Å². The monoisotopic (exact) mass is 235 g/mol. The lowest BCUT2D eigenvalue weighted by Crippen LogP contribution is -2.49. The number of likely N-dealkylation sites (tertiary alicyclic amines) is 1. The zero-order chi connectivity index (χ0) is 11.8. The molecule has 0 radical (unpaired) electrons. The lowest BCUT2D eigenvalue weighted by Gasteiger charge is -2.43. The van der Waals surface area contributed by atoms with Gasteiger partial charge in [-0.1, -0.05) is 6.92 Å². The maximum atomic E-state index is 5.65. The van der Waals surface area contributed by atoms with Crippen LogP contribution >= 0.6 is 0 Å². The molecule has 0 amide bonds. The molecule has 2 atom stereocenters. The van der Waals surface area contributed by atoms with Crippen molar-refractivity contribution in [2.45, 2.75) is 45.1 Å². The third-order valence-corrected chi connectivity index (χ3v) is 4.19. The van der Waals surface area contributed by atoms with E-state index in [9.17, 15) is 0 Å². The molecule has 0 unspecified atom stereocenters. The van der Waals surface area contributed by atoms with E-state index < -0.39 is 0 Å². The topological polar surface area (TPSA) is 55.3 Å². The smallest absolute Gasteiger partial charge is 0.292 e. The fraction of sp³-hybridized carbons (Fsp3) is 0.769. The summed E-state index contributed by atoms with van der Waals surface area (Å²) in [6.45, 7) is 4.71. The SMILES string of the molecule is CCCN1CCC[C@H]2Cc3nc(N)oc3C[C@@H]21. The van der Waals surface area contributed by atoms with Gasteiger partial charge in [0.2, 0.25) is 0 Å². The van der Waals surface area contributed by atoms with E-state index >= 15 is 0 Å². The number of rotatable bonds is 2. The van der Waals surface area contributed by atoms with E-state index in [0.29, 0.717) is 12.1 Å². The molecule has 17 heavy (non-hydrogen) atoms. The Balaban J connectivity index is 1.83. The fourth-order valence-corrected chi connectivity index (χ4v) is 3.47. The molecular formula is C13H21N3O. The van der Waals surface area contributed by atoms with Crippen LogP contribution < -0.4 is 5.73 Å². The molecule has 4 heteroatoms. The fourth-order valence-electron chi connectivity index (χ4n) is 3.47. The van der Waals surface area contributed by atoms with Crippen LogP contribution in [0.2, 0.25) is 0 Å². The minimum atomic E-state index is 0.343. The highest BCUT2D eigenvalue weighted by atomic mass is 16.4. The van der Waals surface area contributed by atoms with Crippen LogP contribution in [0.25, 0.3) is 0 Å². The zero-order valence-electron chi connectivity index (χ0n) is 10.5. The number of piperidine rings is 1. The molecule has 2 aliphatic rings. The Morgan fingerprint density at radius 3 is 3.18 bits per heavy atom. The molecule has 4 nitrogen and oxygen atoms in total. The van der Waals surface area contributed by atoms with E-state index in [-0.39, 0.29) is 0 Å². The quantitative estimate of drug-likeness (QED) is 0.850. The lowest BCUT2D eigenvalue weighted by atomic mass is 9.79. The molecule has 0 spiro atoms. The Bertz CT molecular complexity index is 399. The number of nitrogens with zero attached hydrogens (tertiary/aromatic N) is 2. The highest BCUT2D eigenvalue weighted by Gasteiger charge is 2.37. The number of fused-ring (bicyclic) bond motifs is 2. The summed E-state index contributed by atoms with van der Waals surface area (Å²) in [6.07, 6.45) is 5.95. The Labute approximate surface area is 102 Å². The van der Waals surface area contributed by atoms with Gasteiger partial charge in [0.1, 0.15) is 5.76 Å². The Morgan fingerprint density at radius 2 is 2.35 bits per heavy atom. The van der Waals surface area contributed by atoms with Crippen LogP contribution in [0.5, 0.6) is 0 Å². The summed E-state index contributed by atoms with van der Waals surface area (Å²) in [5.41, 5.74) is 6.76. The predicted molar refractivity (Wildman–Crippen MR) is 66.7 cm³/mol. The van der Waals surface area contributed by atoms with E-state index in [1.807, 2.05) is 0 Å². The van der Waals surface area contributed by atoms with Gasteiger partial charge in [0.15, 0.2) is 0 Å². The van der Waals surface area contributed by atoms with E-state index in [2.05, 4.69) is 16.8 Å². The first-order valence-corrected chi connectivity index (χ1v) is 6.76. The molecular weight excluding hydrogens is 214 g/mol. The highest BCUT2D eigenvalue weighted by molar-refractivity contribution is 5.24. The Morgan fingerprint density at radius 1 is 1.47 bits per heavy atom. The number of hydrogen-bond donors (Lipinski definition) is 1. The van der Waals surface area contributed by atoms with Crippen LogP contribution in [0.4, 0.5) is 6.01 Å². The standard InChI is InChI=1S/C13H21N3O/c1-2-5-16-6-3-4-9-7-10-12(8-11(9)16)17-13(14)15-10/h9,11H,2-8H2,1H3,(H2,14,15)/t9-,11-/m0/s1. The third kappa shape index (κ3) is 1.95. The molecule has 1 fully saturated rings. The van der Waals surface area contributed by atoms with Crippen LogP contribution in [-0.2, 0) is 12.8 Å². The highest BCUT2D eigenvalue weighted by Crippen LogP contribution is 2.35. The second kappa shape index (κ2) is 4.33. The van der Waals surface area contributed by atoms with E-state index in [4.69, 9.17) is 10.2 Å². The number of nitrogens with two attached hydrogens (primary N) is 1. The molecule has 1 aromatic rings. The summed E-state index contributed by atoms with van der Waals surface area (Å²) in [5.74, 6) is 1.79. The Hall–Kier alpha value is -1.03. The van der Waals surface area contributed by atoms with Crippen molar-refractivity contribution in [1.29, 1.82) is 0 Å². The van der Waals surface area contributed by atoms with Gasteiger partial charge in [-0.2, -0.15) is 4.98 Å². The van der Waals surface area contributed by atoms with Crippen LogP contribution in [0.15, 0.2) is 4.42 Å². The molecule has 0 bridgehead atoms. The van der Waals surface area contributed by atoms with Crippen molar-refractivity contribution >= 4 is 6.01 Å². The average Bonchev–Trinajstić information content (AvgIpc) is 2.66. The van der Waals surface area contributed by atoms with E-state index in [1.54, 1.807) is 0 Å². The molecule has 0 saturated carbocycles. The summed E-state index contributed by atoms with van der Waals surface area (Å²) < 4.78 is 5.52. The Kier molecular flexibility index (Phi) is 2.82. The molecule has 1 aliphatic heterocycles. The minimum absolute atomic E-state index is 0.343. The first kappa shape index (κ1) is 11.1. The third-order valence-electron chi connectivity index (χ3n) is 4.19. The molecule has 2 heterocycles. The summed E-state index contributed by atoms with van der Waals surface area (Å²) in [6, 6.07) is 0.999. The van der Waals surface area contributed by atoms with E-state index in [0.717, 1.165) is 30.2 Å². The van der Waals surface area contributed by atoms with E-state index in [1.165, 1.54) is 32.4 Å². The van der Waals surface area contributed by atoms with Gasteiger partial charge in [-0.05, 0) is 44.7 Å².